The molecule has 0 saturated carbocycles. The molecule has 1 fully saturated rings. The van der Waals surface area contributed by atoms with Crippen LogP contribution in [0.1, 0.15) is 18.4 Å². The summed E-state index contributed by atoms with van der Waals surface area (Å²) >= 11 is 0. The van der Waals surface area contributed by atoms with E-state index in [2.05, 4.69) is 17.0 Å². The molecule has 0 aliphatic carbocycles. The molecule has 2 aromatic carbocycles. The maximum Gasteiger partial charge on any atom is 0.126 e. The van der Waals surface area contributed by atoms with E-state index in [4.69, 9.17) is 4.74 Å². The molecule has 0 bridgehead atoms. The van der Waals surface area contributed by atoms with Crippen molar-refractivity contribution in [2.75, 3.05) is 20.2 Å². The third-order valence-electron chi connectivity index (χ3n) is 4.03. The second kappa shape index (κ2) is 6.27. The molecule has 0 spiro atoms. The van der Waals surface area contributed by atoms with Crippen molar-refractivity contribution in [3.63, 3.8) is 0 Å². The molecule has 1 aliphatic heterocycles. The van der Waals surface area contributed by atoms with Gasteiger partial charge in [0.15, 0.2) is 0 Å². The molecule has 2 aromatic rings. The van der Waals surface area contributed by atoms with Gasteiger partial charge < -0.3 is 4.74 Å². The van der Waals surface area contributed by atoms with E-state index in [1.165, 1.54) is 43.6 Å². The number of benzene rings is 2. The van der Waals surface area contributed by atoms with Crippen molar-refractivity contribution in [1.82, 2.24) is 4.90 Å². The van der Waals surface area contributed by atoms with Crippen LogP contribution in [0, 0.1) is 5.82 Å². The summed E-state index contributed by atoms with van der Waals surface area (Å²) in [6.07, 6.45) is 2.61. The summed E-state index contributed by atoms with van der Waals surface area (Å²) in [6.45, 7) is 3.39. The molecule has 0 atom stereocenters. The van der Waals surface area contributed by atoms with E-state index in [0.29, 0.717) is 5.75 Å². The van der Waals surface area contributed by atoms with Gasteiger partial charge in [-0.2, -0.15) is 0 Å². The fourth-order valence-electron chi connectivity index (χ4n) is 2.89. The molecule has 110 valence electrons. The Bertz CT molecular complexity index is 603. The standard InChI is InChI=1S/C18H20FNO/c1-21-18-9-8-16(19)12-17(18)15-6-4-14(5-7-15)13-20-10-2-3-11-20/h4-9,12H,2-3,10-11,13H2,1H3. The molecule has 3 heteroatoms. The van der Waals surface area contributed by atoms with Gasteiger partial charge in [0.05, 0.1) is 7.11 Å². The lowest BCUT2D eigenvalue weighted by molar-refractivity contribution is 0.331. The molecule has 0 N–H and O–H groups in total. The highest BCUT2D eigenvalue weighted by molar-refractivity contribution is 5.70. The van der Waals surface area contributed by atoms with Gasteiger partial charge in [-0.1, -0.05) is 24.3 Å². The molecule has 0 amide bonds. The number of ether oxygens (including phenoxy) is 1. The SMILES string of the molecule is COc1ccc(F)cc1-c1ccc(CN2CCCC2)cc1. The fraction of sp³-hybridized carbons (Fsp3) is 0.333. The minimum Gasteiger partial charge on any atom is -0.496 e. The van der Waals surface area contributed by atoms with Gasteiger partial charge >= 0.3 is 0 Å². The highest BCUT2D eigenvalue weighted by Gasteiger charge is 2.12. The van der Waals surface area contributed by atoms with Gasteiger partial charge in [0.25, 0.3) is 0 Å². The van der Waals surface area contributed by atoms with Crippen LogP contribution in [-0.4, -0.2) is 25.1 Å². The summed E-state index contributed by atoms with van der Waals surface area (Å²) in [5, 5.41) is 0. The predicted octanol–water partition coefficient (Wildman–Crippen LogP) is 4.10. The van der Waals surface area contributed by atoms with Crippen molar-refractivity contribution in [1.29, 1.82) is 0 Å². The van der Waals surface area contributed by atoms with Crippen LogP contribution in [-0.2, 0) is 6.54 Å². The quantitative estimate of drug-likeness (QED) is 0.838. The zero-order chi connectivity index (χ0) is 14.7. The van der Waals surface area contributed by atoms with Gasteiger partial charge in [-0.25, -0.2) is 4.39 Å². The van der Waals surface area contributed by atoms with E-state index < -0.39 is 0 Å². The monoisotopic (exact) mass is 285 g/mol. The van der Waals surface area contributed by atoms with Crippen LogP contribution < -0.4 is 4.74 Å². The minimum absolute atomic E-state index is 0.244. The van der Waals surface area contributed by atoms with E-state index in [1.54, 1.807) is 13.2 Å². The highest BCUT2D eigenvalue weighted by atomic mass is 19.1. The summed E-state index contributed by atoms with van der Waals surface area (Å²) in [6, 6.07) is 12.9. The number of hydrogen-bond donors (Lipinski definition) is 0. The summed E-state index contributed by atoms with van der Waals surface area (Å²) in [5.74, 6) is 0.454. The van der Waals surface area contributed by atoms with Crippen LogP contribution in [0.5, 0.6) is 5.75 Å². The van der Waals surface area contributed by atoms with Crippen molar-refractivity contribution in [3.8, 4) is 16.9 Å². The molecule has 0 unspecified atom stereocenters. The van der Waals surface area contributed by atoms with Gasteiger partial charge in [-0.3, -0.25) is 4.90 Å². The van der Waals surface area contributed by atoms with Gasteiger partial charge in [0.2, 0.25) is 0 Å². The lowest BCUT2D eigenvalue weighted by Crippen LogP contribution is -2.18. The molecule has 0 radical (unpaired) electrons. The maximum absolute atomic E-state index is 13.5. The zero-order valence-electron chi connectivity index (χ0n) is 12.3. The van der Waals surface area contributed by atoms with Crippen LogP contribution in [0.15, 0.2) is 42.5 Å². The maximum atomic E-state index is 13.5. The van der Waals surface area contributed by atoms with E-state index in [-0.39, 0.29) is 5.82 Å². The number of hydrogen-bond acceptors (Lipinski definition) is 2. The first-order valence-electron chi connectivity index (χ1n) is 7.41. The Balaban J connectivity index is 1.81. The number of halogens is 1. The van der Waals surface area contributed by atoms with Crippen molar-refractivity contribution < 1.29 is 9.13 Å². The fourth-order valence-corrected chi connectivity index (χ4v) is 2.89. The predicted molar refractivity (Wildman–Crippen MR) is 82.9 cm³/mol. The minimum atomic E-state index is -0.244. The summed E-state index contributed by atoms with van der Waals surface area (Å²) in [4.78, 5) is 2.47. The van der Waals surface area contributed by atoms with Gasteiger partial charge in [0.1, 0.15) is 11.6 Å². The molecule has 0 aromatic heterocycles. The Kier molecular flexibility index (Phi) is 4.20. The smallest absolute Gasteiger partial charge is 0.126 e. The molecule has 2 nitrogen and oxygen atoms in total. The molecule has 3 rings (SSSR count). The average molecular weight is 285 g/mol. The molecule has 1 saturated heterocycles. The van der Waals surface area contributed by atoms with Crippen LogP contribution in [0.3, 0.4) is 0 Å². The molecular formula is C18H20FNO. The lowest BCUT2D eigenvalue weighted by atomic mass is 10.0. The topological polar surface area (TPSA) is 12.5 Å². The third kappa shape index (κ3) is 3.24. The van der Waals surface area contributed by atoms with Crippen LogP contribution >= 0.6 is 0 Å². The molecular weight excluding hydrogens is 265 g/mol. The van der Waals surface area contributed by atoms with Crippen LogP contribution in [0.2, 0.25) is 0 Å². The number of nitrogens with zero attached hydrogens (tertiary/aromatic N) is 1. The first-order valence-corrected chi connectivity index (χ1v) is 7.41. The van der Waals surface area contributed by atoms with Crippen LogP contribution in [0.25, 0.3) is 11.1 Å². The second-order valence-corrected chi connectivity index (χ2v) is 5.52. The van der Waals surface area contributed by atoms with Crippen molar-refractivity contribution in [2.45, 2.75) is 19.4 Å². The van der Waals surface area contributed by atoms with Gasteiger partial charge in [0, 0.05) is 12.1 Å². The lowest BCUT2D eigenvalue weighted by Gasteiger charge is -2.15. The van der Waals surface area contributed by atoms with E-state index >= 15 is 0 Å². The second-order valence-electron chi connectivity index (χ2n) is 5.52. The molecule has 1 heterocycles. The van der Waals surface area contributed by atoms with E-state index in [9.17, 15) is 4.39 Å². The highest BCUT2D eigenvalue weighted by Crippen LogP contribution is 2.30. The Morgan fingerprint density at radius 3 is 2.43 bits per heavy atom. The average Bonchev–Trinajstić information content (AvgIpc) is 3.01. The number of methoxy groups -OCH3 is 1. The van der Waals surface area contributed by atoms with Gasteiger partial charge in [-0.05, 0) is 55.3 Å². The Hall–Kier alpha value is -1.87. The van der Waals surface area contributed by atoms with E-state index in [0.717, 1.165) is 17.7 Å². The van der Waals surface area contributed by atoms with Crippen molar-refractivity contribution >= 4 is 0 Å². The normalized spacial score (nSPS) is 15.3. The first kappa shape index (κ1) is 14.1. The van der Waals surface area contributed by atoms with Crippen molar-refractivity contribution in [2.24, 2.45) is 0 Å². The summed E-state index contributed by atoms with van der Waals surface area (Å²) < 4.78 is 18.8. The Morgan fingerprint density at radius 2 is 1.76 bits per heavy atom. The molecule has 1 aliphatic rings. The number of likely N-dealkylation sites (tertiary alicyclic amines) is 1. The van der Waals surface area contributed by atoms with Gasteiger partial charge in [-0.15, -0.1) is 0 Å². The summed E-state index contributed by atoms with van der Waals surface area (Å²) in [7, 11) is 1.61. The molecule has 21 heavy (non-hydrogen) atoms. The number of rotatable bonds is 4. The Morgan fingerprint density at radius 1 is 1.05 bits per heavy atom. The summed E-state index contributed by atoms with van der Waals surface area (Å²) in [5.41, 5.74) is 3.08. The van der Waals surface area contributed by atoms with Crippen molar-refractivity contribution in [3.05, 3.63) is 53.8 Å². The van der Waals surface area contributed by atoms with Crippen LogP contribution in [0.4, 0.5) is 4.39 Å². The Labute approximate surface area is 125 Å². The largest absolute Gasteiger partial charge is 0.496 e. The first-order chi connectivity index (χ1) is 10.3. The third-order valence-corrected chi connectivity index (χ3v) is 4.03. The van der Waals surface area contributed by atoms with E-state index in [1.807, 2.05) is 12.1 Å². The zero-order valence-corrected chi connectivity index (χ0v) is 12.3.